The number of nitrogens with one attached hydrogen (secondary N) is 1. The number of nitrogens with zero attached hydrogens (tertiary/aromatic N) is 1. The van der Waals surface area contributed by atoms with Gasteiger partial charge in [-0.15, -0.1) is 0 Å². The molecule has 0 saturated heterocycles. The first-order valence-electron chi connectivity index (χ1n) is 6.67. The van der Waals surface area contributed by atoms with E-state index >= 15 is 0 Å². The van der Waals surface area contributed by atoms with Crippen molar-refractivity contribution in [2.75, 3.05) is 26.9 Å². The van der Waals surface area contributed by atoms with Crippen LogP contribution >= 0.6 is 23.8 Å². The third-order valence-corrected chi connectivity index (χ3v) is 3.75. The maximum absolute atomic E-state index is 6.15. The van der Waals surface area contributed by atoms with E-state index in [1.54, 1.807) is 7.11 Å². The van der Waals surface area contributed by atoms with E-state index in [-0.39, 0.29) is 0 Å². The van der Waals surface area contributed by atoms with Crippen LogP contribution in [0.15, 0.2) is 18.2 Å². The van der Waals surface area contributed by atoms with Crippen molar-refractivity contribution in [2.24, 2.45) is 0 Å². The molecule has 0 aliphatic carbocycles. The average molecular weight is 315 g/mol. The summed E-state index contributed by atoms with van der Waals surface area (Å²) in [6, 6.07) is 5.84. The van der Waals surface area contributed by atoms with E-state index in [4.69, 9.17) is 33.3 Å². The Hall–Kier alpha value is -0.880. The lowest BCUT2D eigenvalue weighted by Crippen LogP contribution is -2.04. The van der Waals surface area contributed by atoms with E-state index in [1.807, 2.05) is 18.2 Å². The van der Waals surface area contributed by atoms with Crippen LogP contribution in [0.25, 0.3) is 11.0 Å². The Bertz CT molecular complexity index is 609. The largest absolute Gasteiger partial charge is 0.382 e. The van der Waals surface area contributed by atoms with Crippen molar-refractivity contribution in [3.63, 3.8) is 0 Å². The minimum absolute atomic E-state index is 0.645. The molecule has 0 radical (unpaired) electrons. The second-order valence-corrected chi connectivity index (χ2v) is 5.32. The minimum atomic E-state index is 0.645. The van der Waals surface area contributed by atoms with Gasteiger partial charge >= 0.3 is 0 Å². The van der Waals surface area contributed by atoms with Crippen molar-refractivity contribution < 1.29 is 9.47 Å². The first kappa shape index (κ1) is 15.5. The highest BCUT2D eigenvalue weighted by Gasteiger charge is 2.06. The Morgan fingerprint density at radius 3 is 2.90 bits per heavy atom. The van der Waals surface area contributed by atoms with E-state index in [9.17, 15) is 0 Å². The van der Waals surface area contributed by atoms with Gasteiger partial charge in [0, 0.05) is 20.3 Å². The molecule has 0 amide bonds. The molecular formula is C14H19ClN2O2S. The van der Waals surface area contributed by atoms with Gasteiger partial charge in [-0.2, -0.15) is 0 Å². The van der Waals surface area contributed by atoms with Crippen LogP contribution in [0.2, 0.25) is 5.02 Å². The molecule has 2 rings (SSSR count). The number of rotatable bonds is 8. The lowest BCUT2D eigenvalue weighted by Gasteiger charge is -2.06. The SMILES string of the molecule is COCCOCCCCn1c(=S)[nH]c2c(Cl)cccc21. The van der Waals surface area contributed by atoms with E-state index in [1.165, 1.54) is 0 Å². The molecule has 0 aliphatic heterocycles. The number of hydrogen-bond acceptors (Lipinski definition) is 3. The van der Waals surface area contributed by atoms with Crippen LogP contribution in [0.3, 0.4) is 0 Å². The molecule has 0 saturated carbocycles. The molecule has 0 unspecified atom stereocenters. The minimum Gasteiger partial charge on any atom is -0.382 e. The van der Waals surface area contributed by atoms with E-state index in [2.05, 4.69) is 9.55 Å². The molecule has 1 heterocycles. The van der Waals surface area contributed by atoms with Gasteiger partial charge in [0.2, 0.25) is 0 Å². The Labute approximate surface area is 128 Å². The molecule has 0 spiro atoms. The lowest BCUT2D eigenvalue weighted by atomic mass is 10.3. The van der Waals surface area contributed by atoms with Gasteiger partial charge in [-0.1, -0.05) is 17.7 Å². The number of imidazole rings is 1. The maximum atomic E-state index is 6.15. The van der Waals surface area contributed by atoms with Crippen molar-refractivity contribution in [3.8, 4) is 0 Å². The Morgan fingerprint density at radius 2 is 2.10 bits per heavy atom. The van der Waals surface area contributed by atoms with Crippen LogP contribution in [0.4, 0.5) is 0 Å². The van der Waals surface area contributed by atoms with Gasteiger partial charge in [0.05, 0.1) is 29.3 Å². The van der Waals surface area contributed by atoms with Gasteiger partial charge in [0.15, 0.2) is 4.77 Å². The normalized spacial score (nSPS) is 11.3. The molecule has 0 aliphatic rings. The van der Waals surface area contributed by atoms with Gasteiger partial charge < -0.3 is 19.0 Å². The molecule has 0 fully saturated rings. The van der Waals surface area contributed by atoms with Gasteiger partial charge in [0.25, 0.3) is 0 Å². The Balaban J connectivity index is 1.89. The Morgan fingerprint density at radius 1 is 1.25 bits per heavy atom. The predicted molar refractivity (Wildman–Crippen MR) is 84.1 cm³/mol. The number of fused-ring (bicyclic) bond motifs is 1. The molecule has 6 heteroatoms. The van der Waals surface area contributed by atoms with Crippen LogP contribution in [0.5, 0.6) is 0 Å². The van der Waals surface area contributed by atoms with Crippen molar-refractivity contribution in [1.29, 1.82) is 0 Å². The number of aromatic amines is 1. The van der Waals surface area contributed by atoms with Gasteiger partial charge in [-0.05, 0) is 37.2 Å². The lowest BCUT2D eigenvalue weighted by molar-refractivity contribution is 0.0684. The van der Waals surface area contributed by atoms with Gasteiger partial charge in [-0.25, -0.2) is 0 Å². The zero-order chi connectivity index (χ0) is 14.4. The number of benzene rings is 1. The van der Waals surface area contributed by atoms with Crippen molar-refractivity contribution in [2.45, 2.75) is 19.4 Å². The van der Waals surface area contributed by atoms with Crippen LogP contribution in [0, 0.1) is 4.77 Å². The molecule has 110 valence electrons. The van der Waals surface area contributed by atoms with E-state index in [0.717, 1.165) is 37.0 Å². The second-order valence-electron chi connectivity index (χ2n) is 4.53. The fraction of sp³-hybridized carbons (Fsp3) is 0.500. The summed E-state index contributed by atoms with van der Waals surface area (Å²) in [5.74, 6) is 0. The number of hydrogen-bond donors (Lipinski definition) is 1. The summed E-state index contributed by atoms with van der Waals surface area (Å²) in [7, 11) is 1.67. The monoisotopic (exact) mass is 314 g/mol. The maximum Gasteiger partial charge on any atom is 0.178 e. The third kappa shape index (κ3) is 3.82. The first-order chi connectivity index (χ1) is 9.74. The summed E-state index contributed by atoms with van der Waals surface area (Å²) in [4.78, 5) is 3.16. The second kappa shape index (κ2) is 7.78. The molecule has 1 N–H and O–H groups in total. The molecule has 20 heavy (non-hydrogen) atoms. The van der Waals surface area contributed by atoms with Crippen molar-refractivity contribution >= 4 is 34.9 Å². The van der Waals surface area contributed by atoms with Crippen LogP contribution in [-0.2, 0) is 16.0 Å². The fourth-order valence-electron chi connectivity index (χ4n) is 2.09. The van der Waals surface area contributed by atoms with Crippen molar-refractivity contribution in [1.82, 2.24) is 9.55 Å². The number of halogens is 1. The van der Waals surface area contributed by atoms with E-state index < -0.39 is 0 Å². The quantitative estimate of drug-likeness (QED) is 0.595. The molecular weight excluding hydrogens is 296 g/mol. The van der Waals surface area contributed by atoms with Crippen LogP contribution in [0.1, 0.15) is 12.8 Å². The standard InChI is InChI=1S/C14H19ClN2O2S/c1-18-9-10-19-8-3-2-7-17-12-6-4-5-11(15)13(12)16-14(17)20/h4-6H,2-3,7-10H2,1H3,(H,16,20). The number of para-hydroxylation sites is 1. The van der Waals surface area contributed by atoms with Gasteiger partial charge in [-0.3, -0.25) is 0 Å². The predicted octanol–water partition coefficient (Wildman–Crippen LogP) is 3.80. The fourth-order valence-corrected chi connectivity index (χ4v) is 2.59. The molecule has 0 bridgehead atoms. The summed E-state index contributed by atoms with van der Waals surface area (Å²) in [6.45, 7) is 2.91. The number of methoxy groups -OCH3 is 1. The first-order valence-corrected chi connectivity index (χ1v) is 7.46. The highest BCUT2D eigenvalue weighted by Crippen LogP contribution is 2.22. The number of aromatic nitrogens is 2. The topological polar surface area (TPSA) is 39.2 Å². The number of H-pyrrole nitrogens is 1. The van der Waals surface area contributed by atoms with Crippen LogP contribution in [-0.4, -0.2) is 36.5 Å². The molecule has 0 atom stereocenters. The molecule has 1 aromatic carbocycles. The highest BCUT2D eigenvalue weighted by atomic mass is 35.5. The highest BCUT2D eigenvalue weighted by molar-refractivity contribution is 7.71. The zero-order valence-electron chi connectivity index (χ0n) is 11.5. The zero-order valence-corrected chi connectivity index (χ0v) is 13.1. The molecule has 4 nitrogen and oxygen atoms in total. The van der Waals surface area contributed by atoms with Gasteiger partial charge in [0.1, 0.15) is 0 Å². The molecule has 2 aromatic rings. The summed E-state index contributed by atoms with van der Waals surface area (Å²) < 4.78 is 13.2. The third-order valence-electron chi connectivity index (χ3n) is 3.11. The number of unbranched alkanes of at least 4 members (excludes halogenated alkanes) is 1. The summed E-state index contributed by atoms with van der Waals surface area (Å²) in [6.07, 6.45) is 2.01. The number of aryl methyl sites for hydroxylation is 1. The van der Waals surface area contributed by atoms with Crippen LogP contribution < -0.4 is 0 Å². The molecule has 1 aromatic heterocycles. The van der Waals surface area contributed by atoms with E-state index in [0.29, 0.717) is 23.0 Å². The summed E-state index contributed by atoms with van der Waals surface area (Å²) >= 11 is 11.5. The summed E-state index contributed by atoms with van der Waals surface area (Å²) in [5, 5.41) is 0.704. The number of ether oxygens (including phenoxy) is 2. The smallest absolute Gasteiger partial charge is 0.178 e. The Kier molecular flexibility index (Phi) is 6.04. The summed E-state index contributed by atoms with van der Waals surface area (Å²) in [5.41, 5.74) is 1.97. The average Bonchev–Trinajstić information content (AvgIpc) is 2.76. The van der Waals surface area contributed by atoms with Crippen molar-refractivity contribution in [3.05, 3.63) is 28.0 Å².